The van der Waals surface area contributed by atoms with Crippen molar-refractivity contribution >= 4 is 0 Å². The Morgan fingerprint density at radius 2 is 2.32 bits per heavy atom. The molecule has 19 heavy (non-hydrogen) atoms. The minimum absolute atomic E-state index is 0.455. The Morgan fingerprint density at radius 1 is 1.47 bits per heavy atom. The molecule has 108 valence electrons. The number of nitrogens with one attached hydrogen (secondary N) is 2. The van der Waals surface area contributed by atoms with Gasteiger partial charge < -0.3 is 10.3 Å². The minimum Gasteiger partial charge on any atom is -0.349 e. The van der Waals surface area contributed by atoms with Crippen molar-refractivity contribution in [1.82, 2.24) is 15.3 Å². The van der Waals surface area contributed by atoms with Crippen LogP contribution in [0.25, 0.3) is 0 Å². The van der Waals surface area contributed by atoms with Crippen molar-refractivity contribution in [3.63, 3.8) is 0 Å². The molecule has 1 fully saturated rings. The van der Waals surface area contributed by atoms with Gasteiger partial charge >= 0.3 is 0 Å². The zero-order chi connectivity index (χ0) is 13.7. The number of aromatic nitrogens is 2. The van der Waals surface area contributed by atoms with Crippen LogP contribution in [0.15, 0.2) is 12.4 Å². The quantitative estimate of drug-likeness (QED) is 0.824. The maximum atomic E-state index is 4.41. The summed E-state index contributed by atoms with van der Waals surface area (Å²) >= 11 is 0. The smallest absolute Gasteiger partial charge is 0.107 e. The summed E-state index contributed by atoms with van der Waals surface area (Å²) in [6.45, 7) is 8.24. The van der Waals surface area contributed by atoms with Gasteiger partial charge in [0, 0.05) is 24.9 Å². The van der Waals surface area contributed by atoms with Gasteiger partial charge in [0.2, 0.25) is 0 Å². The van der Waals surface area contributed by atoms with E-state index in [4.69, 9.17) is 0 Å². The highest BCUT2D eigenvalue weighted by Gasteiger charge is 2.37. The Morgan fingerprint density at radius 3 is 2.95 bits per heavy atom. The van der Waals surface area contributed by atoms with Crippen molar-refractivity contribution in [2.24, 2.45) is 11.3 Å². The van der Waals surface area contributed by atoms with E-state index < -0.39 is 0 Å². The van der Waals surface area contributed by atoms with Crippen molar-refractivity contribution in [3.8, 4) is 0 Å². The summed E-state index contributed by atoms with van der Waals surface area (Å²) in [6.07, 6.45) is 11.5. The average molecular weight is 263 g/mol. The molecule has 2 atom stereocenters. The van der Waals surface area contributed by atoms with Crippen molar-refractivity contribution in [1.29, 1.82) is 0 Å². The molecule has 1 aromatic heterocycles. The molecular weight excluding hydrogens is 234 g/mol. The van der Waals surface area contributed by atoms with Crippen LogP contribution in [-0.4, -0.2) is 22.6 Å². The molecule has 1 heterocycles. The Bertz CT molecular complexity index is 356. The minimum atomic E-state index is 0.455. The monoisotopic (exact) mass is 263 g/mol. The van der Waals surface area contributed by atoms with Crippen LogP contribution in [0, 0.1) is 11.3 Å². The van der Waals surface area contributed by atoms with E-state index in [1.165, 1.54) is 32.1 Å². The van der Waals surface area contributed by atoms with Crippen LogP contribution in [0.4, 0.5) is 0 Å². The number of aromatic amines is 1. The fourth-order valence-corrected chi connectivity index (χ4v) is 3.57. The molecule has 0 radical (unpaired) electrons. The van der Waals surface area contributed by atoms with E-state index in [1.807, 2.05) is 12.4 Å². The number of rotatable bonds is 6. The maximum Gasteiger partial charge on any atom is 0.107 e. The van der Waals surface area contributed by atoms with Gasteiger partial charge in [-0.2, -0.15) is 0 Å². The van der Waals surface area contributed by atoms with Gasteiger partial charge in [-0.1, -0.05) is 33.6 Å². The first-order chi connectivity index (χ1) is 9.13. The number of nitrogens with zero attached hydrogens (tertiary/aromatic N) is 1. The molecule has 0 aromatic carbocycles. The molecule has 0 bridgehead atoms. The number of H-pyrrole nitrogens is 1. The zero-order valence-corrected chi connectivity index (χ0v) is 12.7. The molecule has 1 saturated carbocycles. The number of imidazole rings is 1. The lowest BCUT2D eigenvalue weighted by Crippen LogP contribution is -2.46. The van der Waals surface area contributed by atoms with E-state index in [-0.39, 0.29) is 0 Å². The highest BCUT2D eigenvalue weighted by Crippen LogP contribution is 2.42. The molecule has 2 N–H and O–H groups in total. The summed E-state index contributed by atoms with van der Waals surface area (Å²) in [5.41, 5.74) is 0.455. The molecule has 3 nitrogen and oxygen atoms in total. The van der Waals surface area contributed by atoms with Gasteiger partial charge in [0.15, 0.2) is 0 Å². The molecule has 2 unspecified atom stereocenters. The lowest BCUT2D eigenvalue weighted by atomic mass is 9.65. The van der Waals surface area contributed by atoms with Crippen LogP contribution in [0.2, 0.25) is 0 Å². The third-order valence-corrected chi connectivity index (χ3v) is 4.70. The Kier molecular flexibility index (Phi) is 5.03. The maximum absolute atomic E-state index is 4.41. The summed E-state index contributed by atoms with van der Waals surface area (Å²) in [6, 6.07) is 0.557. The second-order valence-corrected chi connectivity index (χ2v) is 6.64. The van der Waals surface area contributed by atoms with Crippen LogP contribution in [-0.2, 0) is 6.42 Å². The molecule has 2 rings (SSSR count). The third-order valence-electron chi connectivity index (χ3n) is 4.70. The standard InChI is InChI=1S/C16H29N3/c1-4-9-17-14(12-15-18-10-11-19-15)13-7-5-6-8-16(13,2)3/h10-11,13-14,17H,4-9,12H2,1-3H3,(H,18,19). The summed E-state index contributed by atoms with van der Waals surface area (Å²) in [5, 5.41) is 3.77. The predicted molar refractivity (Wildman–Crippen MR) is 80.1 cm³/mol. The summed E-state index contributed by atoms with van der Waals surface area (Å²) < 4.78 is 0. The third kappa shape index (κ3) is 3.82. The predicted octanol–water partition coefficient (Wildman–Crippen LogP) is 3.54. The Balaban J connectivity index is 2.06. The average Bonchev–Trinajstić information content (AvgIpc) is 2.87. The molecule has 0 spiro atoms. The largest absolute Gasteiger partial charge is 0.349 e. The van der Waals surface area contributed by atoms with Crippen molar-refractivity contribution in [2.75, 3.05) is 6.54 Å². The second-order valence-electron chi connectivity index (χ2n) is 6.64. The van der Waals surface area contributed by atoms with Gasteiger partial charge in [-0.25, -0.2) is 4.98 Å². The fourth-order valence-electron chi connectivity index (χ4n) is 3.57. The molecule has 0 saturated heterocycles. The molecule has 0 aliphatic heterocycles. The number of hydrogen-bond donors (Lipinski definition) is 2. The normalized spacial score (nSPS) is 24.3. The first-order valence-corrected chi connectivity index (χ1v) is 7.85. The zero-order valence-electron chi connectivity index (χ0n) is 12.7. The summed E-state index contributed by atoms with van der Waals surface area (Å²) in [4.78, 5) is 7.67. The molecule has 1 aliphatic rings. The van der Waals surface area contributed by atoms with Crippen molar-refractivity contribution in [3.05, 3.63) is 18.2 Å². The highest BCUT2D eigenvalue weighted by molar-refractivity contribution is 4.97. The van der Waals surface area contributed by atoms with Crippen LogP contribution in [0.1, 0.15) is 58.7 Å². The van der Waals surface area contributed by atoms with Crippen LogP contribution in [0.3, 0.4) is 0 Å². The van der Waals surface area contributed by atoms with Gasteiger partial charge in [-0.15, -0.1) is 0 Å². The Labute approximate surface area is 117 Å². The highest BCUT2D eigenvalue weighted by atomic mass is 15.0. The lowest BCUT2D eigenvalue weighted by Gasteiger charge is -2.43. The fraction of sp³-hybridized carbons (Fsp3) is 0.812. The molecule has 0 amide bonds. The molecular formula is C16H29N3. The summed E-state index contributed by atoms with van der Waals surface area (Å²) in [7, 11) is 0. The van der Waals surface area contributed by atoms with Crippen molar-refractivity contribution in [2.45, 2.75) is 65.3 Å². The van der Waals surface area contributed by atoms with Gasteiger partial charge in [-0.05, 0) is 37.1 Å². The van der Waals surface area contributed by atoms with E-state index in [2.05, 4.69) is 36.1 Å². The first-order valence-electron chi connectivity index (χ1n) is 7.85. The second kappa shape index (κ2) is 6.56. The van der Waals surface area contributed by atoms with Gasteiger partial charge in [0.1, 0.15) is 5.82 Å². The van der Waals surface area contributed by atoms with Gasteiger partial charge in [0.25, 0.3) is 0 Å². The van der Waals surface area contributed by atoms with Gasteiger partial charge in [0.05, 0.1) is 0 Å². The molecule has 1 aromatic rings. The Hall–Kier alpha value is -0.830. The van der Waals surface area contributed by atoms with E-state index in [9.17, 15) is 0 Å². The van der Waals surface area contributed by atoms with Crippen LogP contribution in [0.5, 0.6) is 0 Å². The first kappa shape index (κ1) is 14.6. The molecule has 1 aliphatic carbocycles. The van der Waals surface area contributed by atoms with Crippen LogP contribution >= 0.6 is 0 Å². The van der Waals surface area contributed by atoms with Crippen LogP contribution < -0.4 is 5.32 Å². The van der Waals surface area contributed by atoms with Crippen molar-refractivity contribution < 1.29 is 0 Å². The van der Waals surface area contributed by atoms with E-state index >= 15 is 0 Å². The molecule has 3 heteroatoms. The number of hydrogen-bond acceptors (Lipinski definition) is 2. The van der Waals surface area contributed by atoms with E-state index in [1.54, 1.807) is 0 Å². The summed E-state index contributed by atoms with van der Waals surface area (Å²) in [5.74, 6) is 1.88. The van der Waals surface area contributed by atoms with Gasteiger partial charge in [-0.3, -0.25) is 0 Å². The SMILES string of the molecule is CCCNC(Cc1ncc[nH]1)C1CCCCC1(C)C. The van der Waals surface area contributed by atoms with E-state index in [0.717, 1.165) is 24.7 Å². The topological polar surface area (TPSA) is 40.7 Å². The lowest BCUT2D eigenvalue weighted by molar-refractivity contribution is 0.0974. The van der Waals surface area contributed by atoms with E-state index in [0.29, 0.717) is 11.5 Å².